The number of anilines is 2. The number of benzene rings is 2. The van der Waals surface area contributed by atoms with Crippen molar-refractivity contribution in [3.05, 3.63) is 47.5 Å². The molecule has 2 N–H and O–H groups in total. The Morgan fingerprint density at radius 2 is 1.58 bits per heavy atom. The Balaban J connectivity index is 1.85. The van der Waals surface area contributed by atoms with E-state index in [0.29, 0.717) is 50.8 Å². The van der Waals surface area contributed by atoms with Crippen molar-refractivity contribution >= 4 is 37.3 Å². The average Bonchev–Trinajstić information content (AvgIpc) is 2.85. The van der Waals surface area contributed by atoms with Gasteiger partial charge in [-0.3, -0.25) is 4.79 Å². The SMILES string of the molecule is CCN(CC)S(=O)(=O)c1ccc(N2CCOCC2)c(NC(=O)CNS(=O)(=O)c2ccc(C)c(C)c2)c1. The quantitative estimate of drug-likeness (QED) is 0.475. The van der Waals surface area contributed by atoms with Gasteiger partial charge < -0.3 is 15.0 Å². The van der Waals surface area contributed by atoms with Gasteiger partial charge in [0.2, 0.25) is 26.0 Å². The molecule has 1 amide bonds. The first-order chi connectivity index (χ1) is 17.0. The molecule has 1 fully saturated rings. The lowest BCUT2D eigenvalue weighted by molar-refractivity contribution is -0.115. The van der Waals surface area contributed by atoms with Gasteiger partial charge in [-0.1, -0.05) is 19.9 Å². The molecule has 10 nitrogen and oxygen atoms in total. The molecular formula is C24H34N4O6S2. The van der Waals surface area contributed by atoms with Crippen LogP contribution in [-0.4, -0.2) is 73.0 Å². The maximum atomic E-state index is 13.1. The molecular weight excluding hydrogens is 504 g/mol. The first-order valence-corrected chi connectivity index (χ1v) is 14.8. The highest BCUT2D eigenvalue weighted by molar-refractivity contribution is 7.89. The molecule has 1 aliphatic rings. The molecule has 0 aromatic heterocycles. The van der Waals surface area contributed by atoms with Gasteiger partial charge >= 0.3 is 0 Å². The fourth-order valence-corrected chi connectivity index (χ4v) is 6.44. The minimum absolute atomic E-state index is 0.0502. The van der Waals surface area contributed by atoms with E-state index in [-0.39, 0.29) is 9.79 Å². The van der Waals surface area contributed by atoms with Gasteiger partial charge in [-0.2, -0.15) is 4.31 Å². The molecule has 0 atom stereocenters. The van der Waals surface area contributed by atoms with Gasteiger partial charge in [0.1, 0.15) is 0 Å². The lowest BCUT2D eigenvalue weighted by atomic mass is 10.1. The highest BCUT2D eigenvalue weighted by atomic mass is 32.2. The zero-order valence-electron chi connectivity index (χ0n) is 21.1. The van der Waals surface area contributed by atoms with E-state index in [9.17, 15) is 21.6 Å². The van der Waals surface area contributed by atoms with Gasteiger partial charge in [-0.15, -0.1) is 0 Å². The number of aryl methyl sites for hydroxylation is 2. The second kappa shape index (κ2) is 11.7. The normalized spacial score (nSPS) is 14.8. The molecule has 0 unspecified atom stereocenters. The van der Waals surface area contributed by atoms with Crippen LogP contribution < -0.4 is 14.9 Å². The molecule has 2 aromatic carbocycles. The van der Waals surface area contributed by atoms with Crippen LogP contribution in [0.2, 0.25) is 0 Å². The third-order valence-corrected chi connectivity index (χ3v) is 9.59. The Labute approximate surface area is 213 Å². The van der Waals surface area contributed by atoms with Crippen LogP contribution in [0.3, 0.4) is 0 Å². The number of rotatable bonds is 10. The van der Waals surface area contributed by atoms with Crippen molar-refractivity contribution in [2.45, 2.75) is 37.5 Å². The zero-order chi connectivity index (χ0) is 26.5. The van der Waals surface area contributed by atoms with E-state index in [2.05, 4.69) is 10.0 Å². The Kier molecular flexibility index (Phi) is 9.12. The third kappa shape index (κ3) is 6.43. The fourth-order valence-electron chi connectivity index (χ4n) is 3.89. The molecule has 0 aliphatic carbocycles. The number of carbonyl (C=O) groups excluding carboxylic acids is 1. The summed E-state index contributed by atoms with van der Waals surface area (Å²) in [5.41, 5.74) is 2.72. The highest BCUT2D eigenvalue weighted by Gasteiger charge is 2.25. The van der Waals surface area contributed by atoms with Crippen molar-refractivity contribution in [3.8, 4) is 0 Å². The number of hydrogen-bond acceptors (Lipinski definition) is 7. The second-order valence-electron chi connectivity index (χ2n) is 8.49. The number of carbonyl (C=O) groups is 1. The standard InChI is InChI=1S/C24H34N4O6S2/c1-5-28(6-2)36(32,33)21-9-10-23(27-11-13-34-14-12-27)22(16-21)26-24(29)17-25-35(30,31)20-8-7-18(3)19(4)15-20/h7-10,15-16,25H,5-6,11-14,17H2,1-4H3,(H,26,29). The van der Waals surface area contributed by atoms with Crippen LogP contribution in [0.5, 0.6) is 0 Å². The zero-order valence-corrected chi connectivity index (χ0v) is 22.7. The molecule has 0 bridgehead atoms. The monoisotopic (exact) mass is 538 g/mol. The predicted molar refractivity (Wildman–Crippen MR) is 139 cm³/mol. The maximum Gasteiger partial charge on any atom is 0.243 e. The molecule has 2 aromatic rings. The first-order valence-electron chi connectivity index (χ1n) is 11.8. The van der Waals surface area contributed by atoms with E-state index >= 15 is 0 Å². The van der Waals surface area contributed by atoms with E-state index in [1.54, 1.807) is 32.0 Å². The van der Waals surface area contributed by atoms with Crippen molar-refractivity contribution in [2.24, 2.45) is 0 Å². The minimum Gasteiger partial charge on any atom is -0.378 e. The van der Waals surface area contributed by atoms with Crippen LogP contribution in [0.4, 0.5) is 11.4 Å². The summed E-state index contributed by atoms with van der Waals surface area (Å²) >= 11 is 0. The van der Waals surface area contributed by atoms with Crippen molar-refractivity contribution in [2.75, 3.05) is 56.2 Å². The van der Waals surface area contributed by atoms with E-state index in [1.807, 2.05) is 18.7 Å². The Morgan fingerprint density at radius 1 is 0.944 bits per heavy atom. The van der Waals surface area contributed by atoms with Crippen molar-refractivity contribution in [3.63, 3.8) is 0 Å². The second-order valence-corrected chi connectivity index (χ2v) is 12.2. The summed E-state index contributed by atoms with van der Waals surface area (Å²) in [5, 5.41) is 2.71. The maximum absolute atomic E-state index is 13.1. The van der Waals surface area contributed by atoms with Crippen LogP contribution in [0.15, 0.2) is 46.2 Å². The molecule has 1 heterocycles. The third-order valence-electron chi connectivity index (χ3n) is 6.15. The molecule has 0 saturated carbocycles. The van der Waals surface area contributed by atoms with Crippen molar-refractivity contribution in [1.82, 2.24) is 9.03 Å². The number of nitrogens with zero attached hydrogens (tertiary/aromatic N) is 2. The predicted octanol–water partition coefficient (Wildman–Crippen LogP) is 2.09. The number of ether oxygens (including phenoxy) is 1. The summed E-state index contributed by atoms with van der Waals surface area (Å²) in [7, 11) is -7.67. The van der Waals surface area contributed by atoms with Gasteiger partial charge in [0.05, 0.1) is 40.9 Å². The molecule has 12 heteroatoms. The van der Waals surface area contributed by atoms with Crippen LogP contribution in [-0.2, 0) is 29.6 Å². The lowest BCUT2D eigenvalue weighted by Gasteiger charge is -2.31. The van der Waals surface area contributed by atoms with Crippen molar-refractivity contribution < 1.29 is 26.4 Å². The fraction of sp³-hybridized carbons (Fsp3) is 0.458. The van der Waals surface area contributed by atoms with Crippen molar-refractivity contribution in [1.29, 1.82) is 0 Å². The first kappa shape index (κ1) is 28.1. The van der Waals surface area contributed by atoms with Crippen LogP contribution in [0, 0.1) is 13.8 Å². The number of hydrogen-bond donors (Lipinski definition) is 2. The van der Waals surface area contributed by atoms with E-state index < -0.39 is 32.5 Å². The Hall–Kier alpha value is -2.51. The summed E-state index contributed by atoms with van der Waals surface area (Å²) in [6.07, 6.45) is 0. The summed E-state index contributed by atoms with van der Waals surface area (Å²) in [6.45, 7) is 9.48. The number of sulfonamides is 2. The van der Waals surface area contributed by atoms with Gasteiger partial charge in [-0.05, 0) is 55.3 Å². The van der Waals surface area contributed by atoms with E-state index in [1.165, 1.54) is 22.5 Å². The molecule has 3 rings (SSSR count). The average molecular weight is 539 g/mol. The molecule has 1 saturated heterocycles. The summed E-state index contributed by atoms with van der Waals surface area (Å²) < 4.78 is 60.6. The smallest absolute Gasteiger partial charge is 0.243 e. The van der Waals surface area contributed by atoms with E-state index in [0.717, 1.165) is 11.1 Å². The van der Waals surface area contributed by atoms with Gasteiger partial charge in [-0.25, -0.2) is 21.6 Å². The molecule has 0 radical (unpaired) electrons. The number of nitrogens with one attached hydrogen (secondary N) is 2. The molecule has 36 heavy (non-hydrogen) atoms. The van der Waals surface area contributed by atoms with E-state index in [4.69, 9.17) is 4.74 Å². The van der Waals surface area contributed by atoms with Crippen LogP contribution >= 0.6 is 0 Å². The highest BCUT2D eigenvalue weighted by Crippen LogP contribution is 2.31. The van der Waals surface area contributed by atoms with Gasteiger partial charge in [0, 0.05) is 26.2 Å². The van der Waals surface area contributed by atoms with Gasteiger partial charge in [0.25, 0.3) is 0 Å². The minimum atomic E-state index is -3.91. The summed E-state index contributed by atoms with van der Waals surface area (Å²) in [6, 6.07) is 9.36. The Bertz CT molecular complexity index is 1300. The number of morpholine rings is 1. The molecule has 1 aliphatic heterocycles. The molecule has 0 spiro atoms. The Morgan fingerprint density at radius 3 is 2.19 bits per heavy atom. The number of amides is 1. The summed E-state index contributed by atoms with van der Waals surface area (Å²) in [4.78, 5) is 14.9. The lowest BCUT2D eigenvalue weighted by Crippen LogP contribution is -2.37. The summed E-state index contributed by atoms with van der Waals surface area (Å²) in [5.74, 6) is -0.616. The molecule has 198 valence electrons. The van der Waals surface area contributed by atoms with Crippen LogP contribution in [0.25, 0.3) is 0 Å². The van der Waals surface area contributed by atoms with Gasteiger partial charge in [0.15, 0.2) is 0 Å². The topological polar surface area (TPSA) is 125 Å². The van der Waals surface area contributed by atoms with Crippen LogP contribution in [0.1, 0.15) is 25.0 Å². The largest absolute Gasteiger partial charge is 0.378 e.